The van der Waals surface area contributed by atoms with E-state index in [0.29, 0.717) is 18.1 Å². The van der Waals surface area contributed by atoms with Crippen LogP contribution in [-0.2, 0) is 7.05 Å². The zero-order valence-electron chi connectivity index (χ0n) is 14.5. The van der Waals surface area contributed by atoms with Gasteiger partial charge in [0, 0.05) is 50.5 Å². The van der Waals surface area contributed by atoms with Crippen LogP contribution in [0.15, 0.2) is 48.7 Å². The predicted octanol–water partition coefficient (Wildman–Crippen LogP) is 3.03. The number of benzene rings is 1. The van der Waals surface area contributed by atoms with Crippen molar-refractivity contribution in [1.82, 2.24) is 19.7 Å². The second-order valence-electron chi connectivity index (χ2n) is 6.43. The molecule has 3 aromatic rings. The molecule has 0 aliphatic carbocycles. The van der Waals surface area contributed by atoms with E-state index >= 15 is 0 Å². The molecule has 26 heavy (non-hydrogen) atoms. The highest BCUT2D eigenvalue weighted by Gasteiger charge is 2.24. The molecule has 0 unspecified atom stereocenters. The first kappa shape index (κ1) is 16.7. The number of rotatable bonds is 3. The van der Waals surface area contributed by atoms with Gasteiger partial charge in [0.1, 0.15) is 5.69 Å². The molecule has 134 valence electrons. The number of carbonyl (C=O) groups excluding carboxylic acids is 1. The number of halogens is 1. The zero-order chi connectivity index (χ0) is 18.1. The van der Waals surface area contributed by atoms with Crippen molar-refractivity contribution in [3.8, 4) is 11.3 Å². The number of anilines is 1. The van der Waals surface area contributed by atoms with Crippen molar-refractivity contribution >= 4 is 23.3 Å². The minimum absolute atomic E-state index is 0.0843. The number of aromatic nitrogens is 3. The molecule has 1 aliphatic heterocycles. The van der Waals surface area contributed by atoms with E-state index in [1.165, 1.54) is 0 Å². The Balaban J connectivity index is 1.41. The van der Waals surface area contributed by atoms with E-state index in [-0.39, 0.29) is 5.91 Å². The third kappa shape index (κ3) is 3.20. The quantitative estimate of drug-likeness (QED) is 0.772. The summed E-state index contributed by atoms with van der Waals surface area (Å²) in [5, 5.41) is 8.23. The van der Waals surface area contributed by atoms with Gasteiger partial charge in [-0.15, -0.1) is 0 Å². The Morgan fingerprint density at radius 2 is 1.85 bits per heavy atom. The molecule has 0 bridgehead atoms. The van der Waals surface area contributed by atoms with Crippen molar-refractivity contribution < 1.29 is 4.79 Å². The average Bonchev–Trinajstić information content (AvgIpc) is 3.31. The van der Waals surface area contributed by atoms with E-state index in [1.807, 2.05) is 65.2 Å². The molecule has 1 aromatic carbocycles. The summed E-state index contributed by atoms with van der Waals surface area (Å²) < 4.78 is 1.86. The van der Waals surface area contributed by atoms with Gasteiger partial charge in [-0.05, 0) is 29.8 Å². The molecule has 1 N–H and O–H groups in total. The lowest BCUT2D eigenvalue weighted by atomic mass is 10.1. The number of carbonyl (C=O) groups is 1. The smallest absolute Gasteiger partial charge is 0.270 e. The van der Waals surface area contributed by atoms with Gasteiger partial charge in [-0.2, -0.15) is 5.10 Å². The molecule has 3 heterocycles. The third-order valence-corrected chi connectivity index (χ3v) is 5.03. The van der Waals surface area contributed by atoms with Crippen LogP contribution in [0.4, 0.5) is 5.82 Å². The van der Waals surface area contributed by atoms with Crippen LogP contribution in [-0.4, -0.2) is 51.8 Å². The minimum Gasteiger partial charge on any atom is -0.352 e. The standard InChI is InChI=1S/C19H20ClN5O/c1-23-8-2-3-17(23)19(26)25-11-9-24(10-12-25)18-13-16(21-22-18)14-4-6-15(20)7-5-14/h2-8,13H,9-12H2,1H3,(H,21,22). The second kappa shape index (κ2) is 6.88. The lowest BCUT2D eigenvalue weighted by molar-refractivity contribution is 0.0737. The Bertz CT molecular complexity index is 906. The maximum Gasteiger partial charge on any atom is 0.270 e. The van der Waals surface area contributed by atoms with Crippen LogP contribution in [0.1, 0.15) is 10.5 Å². The number of hydrogen-bond donors (Lipinski definition) is 1. The Labute approximate surface area is 157 Å². The first-order valence-electron chi connectivity index (χ1n) is 8.59. The van der Waals surface area contributed by atoms with Gasteiger partial charge in [-0.3, -0.25) is 9.89 Å². The molecular formula is C19H20ClN5O. The van der Waals surface area contributed by atoms with E-state index in [0.717, 1.165) is 35.9 Å². The van der Waals surface area contributed by atoms with Gasteiger partial charge in [-0.25, -0.2) is 0 Å². The summed E-state index contributed by atoms with van der Waals surface area (Å²) in [4.78, 5) is 16.7. The monoisotopic (exact) mass is 369 g/mol. The Morgan fingerprint density at radius 1 is 1.12 bits per heavy atom. The number of nitrogens with zero attached hydrogens (tertiary/aromatic N) is 4. The van der Waals surface area contributed by atoms with Crippen LogP contribution in [0, 0.1) is 0 Å². The SMILES string of the molecule is Cn1cccc1C(=O)N1CCN(c2cc(-c3ccc(Cl)cc3)[nH]n2)CC1. The van der Waals surface area contributed by atoms with Crippen molar-refractivity contribution in [2.45, 2.75) is 0 Å². The molecule has 1 fully saturated rings. The number of hydrogen-bond acceptors (Lipinski definition) is 3. The van der Waals surface area contributed by atoms with Gasteiger partial charge in [-0.1, -0.05) is 23.7 Å². The molecule has 0 spiro atoms. The third-order valence-electron chi connectivity index (χ3n) is 4.77. The first-order chi connectivity index (χ1) is 12.6. The molecule has 1 amide bonds. The normalized spacial score (nSPS) is 14.7. The highest BCUT2D eigenvalue weighted by Crippen LogP contribution is 2.24. The van der Waals surface area contributed by atoms with Crippen LogP contribution >= 0.6 is 11.6 Å². The van der Waals surface area contributed by atoms with Crippen LogP contribution in [0.5, 0.6) is 0 Å². The van der Waals surface area contributed by atoms with Gasteiger partial charge in [0.05, 0.1) is 5.69 Å². The minimum atomic E-state index is 0.0843. The number of H-pyrrole nitrogens is 1. The number of aryl methyl sites for hydroxylation is 1. The topological polar surface area (TPSA) is 57.2 Å². The molecule has 0 atom stereocenters. The molecule has 2 aromatic heterocycles. The maximum atomic E-state index is 12.6. The molecule has 0 radical (unpaired) electrons. The fourth-order valence-corrected chi connectivity index (χ4v) is 3.36. The van der Waals surface area contributed by atoms with Crippen LogP contribution in [0.25, 0.3) is 11.3 Å². The van der Waals surface area contributed by atoms with Gasteiger partial charge >= 0.3 is 0 Å². The van der Waals surface area contributed by atoms with Crippen LogP contribution < -0.4 is 4.90 Å². The Hall–Kier alpha value is -2.73. The van der Waals surface area contributed by atoms with E-state index in [4.69, 9.17) is 11.6 Å². The van der Waals surface area contributed by atoms with Crippen molar-refractivity contribution in [1.29, 1.82) is 0 Å². The first-order valence-corrected chi connectivity index (χ1v) is 8.96. The maximum absolute atomic E-state index is 12.6. The Kier molecular flexibility index (Phi) is 4.42. The summed E-state index contributed by atoms with van der Waals surface area (Å²) in [5.74, 6) is 0.988. The van der Waals surface area contributed by atoms with E-state index in [1.54, 1.807) is 0 Å². The predicted molar refractivity (Wildman–Crippen MR) is 103 cm³/mol. The van der Waals surface area contributed by atoms with Gasteiger partial charge in [0.25, 0.3) is 5.91 Å². The molecule has 0 saturated carbocycles. The highest BCUT2D eigenvalue weighted by atomic mass is 35.5. The summed E-state index contributed by atoms with van der Waals surface area (Å²) in [6, 6.07) is 13.5. The van der Waals surface area contributed by atoms with Gasteiger partial charge < -0.3 is 14.4 Å². The van der Waals surface area contributed by atoms with E-state index < -0.39 is 0 Å². The van der Waals surface area contributed by atoms with Crippen molar-refractivity contribution in [3.63, 3.8) is 0 Å². The molecule has 7 heteroatoms. The number of piperazine rings is 1. The Morgan fingerprint density at radius 3 is 2.50 bits per heavy atom. The summed E-state index contributed by atoms with van der Waals surface area (Å²) in [5.41, 5.74) is 2.73. The van der Waals surface area contributed by atoms with Gasteiger partial charge in [0.15, 0.2) is 5.82 Å². The average molecular weight is 370 g/mol. The molecule has 6 nitrogen and oxygen atoms in total. The molecular weight excluding hydrogens is 350 g/mol. The van der Waals surface area contributed by atoms with Gasteiger partial charge in [0.2, 0.25) is 0 Å². The van der Waals surface area contributed by atoms with Crippen molar-refractivity contribution in [3.05, 3.63) is 59.4 Å². The number of amides is 1. The lowest BCUT2D eigenvalue weighted by Gasteiger charge is -2.34. The highest BCUT2D eigenvalue weighted by molar-refractivity contribution is 6.30. The lowest BCUT2D eigenvalue weighted by Crippen LogP contribution is -2.49. The zero-order valence-corrected chi connectivity index (χ0v) is 15.3. The molecule has 1 aliphatic rings. The summed E-state index contributed by atoms with van der Waals surface area (Å²) in [7, 11) is 1.89. The fourth-order valence-electron chi connectivity index (χ4n) is 3.23. The summed E-state index contributed by atoms with van der Waals surface area (Å²) >= 11 is 5.94. The number of aromatic amines is 1. The van der Waals surface area contributed by atoms with Crippen LogP contribution in [0.3, 0.4) is 0 Å². The largest absolute Gasteiger partial charge is 0.352 e. The fraction of sp³-hybridized carbons (Fsp3) is 0.263. The molecule has 4 rings (SSSR count). The van der Waals surface area contributed by atoms with E-state index in [2.05, 4.69) is 15.1 Å². The van der Waals surface area contributed by atoms with Crippen molar-refractivity contribution in [2.75, 3.05) is 31.1 Å². The molecule has 1 saturated heterocycles. The summed E-state index contributed by atoms with van der Waals surface area (Å²) in [6.07, 6.45) is 1.89. The van der Waals surface area contributed by atoms with E-state index in [9.17, 15) is 4.79 Å². The second-order valence-corrected chi connectivity index (χ2v) is 6.87. The van der Waals surface area contributed by atoms with Crippen LogP contribution in [0.2, 0.25) is 5.02 Å². The summed E-state index contributed by atoms with van der Waals surface area (Å²) in [6.45, 7) is 2.91. The number of nitrogens with one attached hydrogen (secondary N) is 1. The van der Waals surface area contributed by atoms with Crippen molar-refractivity contribution in [2.24, 2.45) is 7.05 Å².